The quantitative estimate of drug-likeness (QED) is 0.907. The van der Waals surface area contributed by atoms with Crippen molar-refractivity contribution >= 4 is 32.9 Å². The molecule has 0 spiro atoms. The van der Waals surface area contributed by atoms with Crippen LogP contribution in [0.2, 0.25) is 0 Å². The van der Waals surface area contributed by atoms with Gasteiger partial charge in [0.2, 0.25) is 0 Å². The summed E-state index contributed by atoms with van der Waals surface area (Å²) in [5.74, 6) is 0.189. The maximum Gasteiger partial charge on any atom is 0.306 e. The van der Waals surface area contributed by atoms with Crippen molar-refractivity contribution in [3.8, 4) is 0 Å². The summed E-state index contributed by atoms with van der Waals surface area (Å²) in [7, 11) is 0. The minimum Gasteiger partial charge on any atom is -0.481 e. The Morgan fingerprint density at radius 3 is 2.76 bits per heavy atom. The molecule has 1 N–H and O–H groups in total. The van der Waals surface area contributed by atoms with Gasteiger partial charge in [-0.3, -0.25) is 9.69 Å². The molecule has 112 valence electrons. The zero-order valence-electron chi connectivity index (χ0n) is 12.0. The van der Waals surface area contributed by atoms with E-state index < -0.39 is 5.97 Å². The zero-order chi connectivity index (χ0) is 15.1. The number of hydrogen-bond donors (Lipinski definition) is 1. The van der Waals surface area contributed by atoms with Crippen LogP contribution in [0, 0.1) is 11.8 Å². The molecule has 2 aromatic rings. The summed E-state index contributed by atoms with van der Waals surface area (Å²) in [5.41, 5.74) is 0.885. The third-order valence-electron chi connectivity index (χ3n) is 4.49. The number of carboxylic acid groups (broad SMARTS) is 1. The fourth-order valence-corrected chi connectivity index (χ4v) is 3.18. The first-order valence-corrected chi connectivity index (χ1v) is 7.91. The Balaban J connectivity index is 1.71. The predicted molar refractivity (Wildman–Crippen MR) is 84.2 cm³/mol. The van der Waals surface area contributed by atoms with E-state index in [4.69, 9.17) is 9.52 Å². The molecule has 2 atom stereocenters. The van der Waals surface area contributed by atoms with E-state index in [-0.39, 0.29) is 17.9 Å². The monoisotopic (exact) mass is 351 g/mol. The molecule has 0 saturated carbocycles. The number of carboxylic acids is 1. The summed E-state index contributed by atoms with van der Waals surface area (Å²) in [5, 5.41) is 10.1. The van der Waals surface area contributed by atoms with E-state index in [0.29, 0.717) is 0 Å². The normalized spacial score (nSPS) is 19.4. The highest BCUT2D eigenvalue weighted by Gasteiger charge is 2.37. The molecule has 4 nitrogen and oxygen atoms in total. The molecular weight excluding hydrogens is 334 g/mol. The standard InChI is InChI=1S/C16H18BrNO3/c1-9(16(19)20)12-7-18(8-12)10(2)15-6-11-5-13(17)3-4-14(11)21-15/h3-6,9-10,12H,7-8H2,1-2H3,(H,19,20). The Hall–Kier alpha value is -1.33. The topological polar surface area (TPSA) is 53.7 Å². The molecular formula is C16H18BrNO3. The van der Waals surface area contributed by atoms with Gasteiger partial charge in [-0.1, -0.05) is 22.9 Å². The van der Waals surface area contributed by atoms with Gasteiger partial charge in [0.15, 0.2) is 0 Å². The SMILES string of the molecule is CC(C(=O)O)C1CN(C(C)c2cc3cc(Br)ccc3o2)C1. The van der Waals surface area contributed by atoms with Crippen LogP contribution in [0.3, 0.4) is 0 Å². The second-order valence-electron chi connectivity index (χ2n) is 5.85. The first-order valence-electron chi connectivity index (χ1n) is 7.11. The first kappa shape index (κ1) is 14.6. The van der Waals surface area contributed by atoms with Crippen LogP contribution in [0.1, 0.15) is 25.6 Å². The second-order valence-corrected chi connectivity index (χ2v) is 6.76. The van der Waals surface area contributed by atoms with Crippen molar-refractivity contribution < 1.29 is 14.3 Å². The van der Waals surface area contributed by atoms with Crippen molar-refractivity contribution in [2.24, 2.45) is 11.8 Å². The van der Waals surface area contributed by atoms with E-state index in [1.165, 1.54) is 0 Å². The molecule has 1 aliphatic heterocycles. The van der Waals surface area contributed by atoms with E-state index in [1.54, 1.807) is 6.92 Å². The van der Waals surface area contributed by atoms with Crippen LogP contribution >= 0.6 is 15.9 Å². The maximum absolute atomic E-state index is 11.0. The number of aliphatic carboxylic acids is 1. The van der Waals surface area contributed by atoms with Gasteiger partial charge in [0.25, 0.3) is 0 Å². The van der Waals surface area contributed by atoms with E-state index in [2.05, 4.69) is 33.8 Å². The zero-order valence-corrected chi connectivity index (χ0v) is 13.6. The van der Waals surface area contributed by atoms with Gasteiger partial charge in [-0.15, -0.1) is 0 Å². The lowest BCUT2D eigenvalue weighted by molar-refractivity contribution is -0.146. The van der Waals surface area contributed by atoms with Crippen molar-refractivity contribution in [3.05, 3.63) is 34.5 Å². The van der Waals surface area contributed by atoms with Crippen LogP contribution in [0.5, 0.6) is 0 Å². The molecule has 1 fully saturated rings. The van der Waals surface area contributed by atoms with Crippen molar-refractivity contribution in [1.29, 1.82) is 0 Å². The lowest BCUT2D eigenvalue weighted by Gasteiger charge is -2.44. The lowest BCUT2D eigenvalue weighted by Crippen LogP contribution is -2.51. The van der Waals surface area contributed by atoms with Crippen molar-refractivity contribution in [1.82, 2.24) is 4.90 Å². The minimum absolute atomic E-state index is 0.174. The molecule has 0 amide bonds. The maximum atomic E-state index is 11.0. The number of hydrogen-bond acceptors (Lipinski definition) is 3. The van der Waals surface area contributed by atoms with E-state index in [1.807, 2.05) is 18.2 Å². The number of benzene rings is 1. The van der Waals surface area contributed by atoms with E-state index in [9.17, 15) is 4.79 Å². The second kappa shape index (κ2) is 5.46. The molecule has 2 unspecified atom stereocenters. The highest BCUT2D eigenvalue weighted by Crippen LogP contribution is 2.35. The summed E-state index contributed by atoms with van der Waals surface area (Å²) < 4.78 is 6.94. The predicted octanol–water partition coefficient (Wildman–Crippen LogP) is 3.91. The molecule has 1 aromatic carbocycles. The van der Waals surface area contributed by atoms with Gasteiger partial charge in [-0.2, -0.15) is 0 Å². The Morgan fingerprint density at radius 2 is 2.10 bits per heavy atom. The Labute approximate surface area is 131 Å². The van der Waals surface area contributed by atoms with Gasteiger partial charge < -0.3 is 9.52 Å². The Morgan fingerprint density at radius 1 is 1.38 bits per heavy atom. The third-order valence-corrected chi connectivity index (χ3v) is 4.98. The number of rotatable bonds is 4. The van der Waals surface area contributed by atoms with Gasteiger partial charge in [-0.25, -0.2) is 0 Å². The molecule has 0 aliphatic carbocycles. The van der Waals surface area contributed by atoms with Crippen LogP contribution in [0.15, 0.2) is 33.2 Å². The average molecular weight is 352 g/mol. The number of nitrogens with zero attached hydrogens (tertiary/aromatic N) is 1. The van der Waals surface area contributed by atoms with Crippen LogP contribution in [-0.4, -0.2) is 29.1 Å². The molecule has 1 aliphatic rings. The Kier molecular flexibility index (Phi) is 3.80. The fourth-order valence-electron chi connectivity index (χ4n) is 2.80. The fraction of sp³-hybridized carbons (Fsp3) is 0.438. The number of fused-ring (bicyclic) bond motifs is 1. The molecule has 3 rings (SSSR count). The van der Waals surface area contributed by atoms with Gasteiger partial charge >= 0.3 is 5.97 Å². The van der Waals surface area contributed by atoms with Gasteiger partial charge in [0.05, 0.1) is 12.0 Å². The van der Waals surface area contributed by atoms with Crippen LogP contribution in [0.25, 0.3) is 11.0 Å². The molecule has 0 radical (unpaired) electrons. The number of likely N-dealkylation sites (tertiary alicyclic amines) is 1. The first-order chi connectivity index (χ1) is 9.95. The number of carbonyl (C=O) groups is 1. The molecule has 1 saturated heterocycles. The molecule has 0 bridgehead atoms. The summed E-state index contributed by atoms with van der Waals surface area (Å²) in [6, 6.07) is 8.21. The molecule has 1 aromatic heterocycles. The van der Waals surface area contributed by atoms with Crippen LogP contribution < -0.4 is 0 Å². The van der Waals surface area contributed by atoms with Gasteiger partial charge in [0.1, 0.15) is 11.3 Å². The smallest absolute Gasteiger partial charge is 0.306 e. The number of halogens is 1. The number of furan rings is 1. The summed E-state index contributed by atoms with van der Waals surface area (Å²) in [4.78, 5) is 13.2. The largest absolute Gasteiger partial charge is 0.481 e. The average Bonchev–Trinajstić information content (AvgIpc) is 2.79. The van der Waals surface area contributed by atoms with Crippen LogP contribution in [-0.2, 0) is 4.79 Å². The highest BCUT2D eigenvalue weighted by molar-refractivity contribution is 9.10. The Bertz CT molecular complexity index is 675. The molecule has 5 heteroatoms. The van der Waals surface area contributed by atoms with Crippen LogP contribution in [0.4, 0.5) is 0 Å². The van der Waals surface area contributed by atoms with E-state index in [0.717, 1.165) is 34.3 Å². The lowest BCUT2D eigenvalue weighted by atomic mass is 9.86. The van der Waals surface area contributed by atoms with Crippen molar-refractivity contribution in [2.75, 3.05) is 13.1 Å². The van der Waals surface area contributed by atoms with E-state index >= 15 is 0 Å². The third kappa shape index (κ3) is 2.72. The van der Waals surface area contributed by atoms with Gasteiger partial charge in [-0.05, 0) is 37.1 Å². The van der Waals surface area contributed by atoms with Gasteiger partial charge in [0, 0.05) is 22.9 Å². The molecule has 21 heavy (non-hydrogen) atoms. The molecule has 2 heterocycles. The summed E-state index contributed by atoms with van der Waals surface area (Å²) in [6.07, 6.45) is 0. The summed E-state index contributed by atoms with van der Waals surface area (Å²) in [6.45, 7) is 5.52. The highest BCUT2D eigenvalue weighted by atomic mass is 79.9. The van der Waals surface area contributed by atoms with Crippen molar-refractivity contribution in [2.45, 2.75) is 19.9 Å². The summed E-state index contributed by atoms with van der Waals surface area (Å²) >= 11 is 3.46. The minimum atomic E-state index is -0.708. The van der Waals surface area contributed by atoms with Crippen molar-refractivity contribution in [3.63, 3.8) is 0 Å².